The summed E-state index contributed by atoms with van der Waals surface area (Å²) in [4.78, 5) is 0. The van der Waals surface area contributed by atoms with E-state index in [1.165, 1.54) is 116 Å². The summed E-state index contributed by atoms with van der Waals surface area (Å²) < 4.78 is 0.500. The molecular weight excluding hydrogens is 343 g/mol. The Balaban J connectivity index is 6.47. The average molecular weight is 401 g/mol. The van der Waals surface area contributed by atoms with Gasteiger partial charge in [-0.15, -0.1) is 0 Å². The minimum absolute atomic E-state index is 0.500. The molecule has 0 aliphatic heterocycles. The molecule has 0 spiro atoms. The standard InChI is InChI=1S/C28H57.Li/c1-8-14-20-26(21-15-9-2)28(24-18-12-5,25-19-13-6)27(7,22-16-10-3)23-17-11-4;/h8-25H2,1-7H3;. The van der Waals surface area contributed by atoms with Gasteiger partial charge in [0, 0.05) is 0 Å². The molecule has 0 aliphatic rings. The van der Waals surface area contributed by atoms with Crippen LogP contribution in [0.5, 0.6) is 0 Å². The third-order valence-corrected chi connectivity index (χ3v) is 8.55. The van der Waals surface area contributed by atoms with Crippen molar-refractivity contribution in [2.45, 2.75) is 168 Å². The van der Waals surface area contributed by atoms with E-state index in [1.54, 1.807) is 0 Å². The number of hydrogen-bond donors (Lipinski definition) is 0. The second-order valence-corrected chi connectivity index (χ2v) is 10.8. The van der Waals surface area contributed by atoms with Crippen LogP contribution in [0.15, 0.2) is 0 Å². The van der Waals surface area contributed by atoms with Crippen molar-refractivity contribution in [1.29, 1.82) is 0 Å². The first kappa shape index (κ1) is 29.6. The second-order valence-electron chi connectivity index (χ2n) is 10.8. The van der Waals surface area contributed by atoms with E-state index in [-0.39, 0.29) is 0 Å². The molecule has 1 heteroatoms. The fourth-order valence-corrected chi connectivity index (χ4v) is 6.49. The first-order chi connectivity index (χ1) is 13.9. The van der Waals surface area contributed by atoms with Crippen molar-refractivity contribution in [2.24, 2.45) is 10.8 Å². The summed E-state index contributed by atoms with van der Waals surface area (Å²) >= 11 is 2.75. The number of rotatable bonds is 20. The minimum atomic E-state index is 0.500. The van der Waals surface area contributed by atoms with Gasteiger partial charge in [0.2, 0.25) is 0 Å². The fourth-order valence-electron chi connectivity index (χ4n) is 6.49. The monoisotopic (exact) mass is 400 g/mol. The van der Waals surface area contributed by atoms with Crippen molar-refractivity contribution in [1.82, 2.24) is 0 Å². The zero-order valence-corrected chi connectivity index (χ0v) is 22.2. The van der Waals surface area contributed by atoms with Gasteiger partial charge in [-0.2, -0.15) is 0 Å². The molecule has 0 aliphatic carbocycles. The van der Waals surface area contributed by atoms with Gasteiger partial charge in [0.1, 0.15) is 0 Å². The molecule has 0 saturated carbocycles. The van der Waals surface area contributed by atoms with Crippen molar-refractivity contribution >= 4 is 17.7 Å². The summed E-state index contributed by atoms with van der Waals surface area (Å²) in [5.41, 5.74) is 1.01. The fraction of sp³-hybridized carbons (Fsp3) is 1.00. The van der Waals surface area contributed by atoms with E-state index in [2.05, 4.69) is 66.2 Å². The van der Waals surface area contributed by atoms with Crippen LogP contribution in [0.1, 0.15) is 164 Å². The molecule has 0 nitrogen and oxygen atoms in total. The van der Waals surface area contributed by atoms with Crippen LogP contribution in [0.4, 0.5) is 0 Å². The van der Waals surface area contributed by atoms with E-state index in [0.717, 1.165) is 0 Å². The third-order valence-electron chi connectivity index (χ3n) is 8.55. The van der Waals surface area contributed by atoms with Gasteiger partial charge in [0.15, 0.2) is 0 Å². The Labute approximate surface area is 196 Å². The molecule has 0 unspecified atom stereocenters. The molecule has 0 fully saturated rings. The Bertz CT molecular complexity index is 321. The van der Waals surface area contributed by atoms with Crippen LogP contribution in [0.25, 0.3) is 0 Å². The first-order valence-electron chi connectivity index (χ1n) is 13.9. The van der Waals surface area contributed by atoms with E-state index >= 15 is 0 Å². The molecule has 0 amide bonds. The van der Waals surface area contributed by atoms with Gasteiger partial charge in [-0.05, 0) is 0 Å². The van der Waals surface area contributed by atoms with Gasteiger partial charge >= 0.3 is 197 Å². The average Bonchev–Trinajstić information content (AvgIpc) is 2.73. The van der Waals surface area contributed by atoms with Gasteiger partial charge in [-0.3, -0.25) is 0 Å². The Morgan fingerprint density at radius 2 is 0.724 bits per heavy atom. The summed E-state index contributed by atoms with van der Waals surface area (Å²) in [6, 6.07) is 0. The second kappa shape index (κ2) is 16.3. The molecule has 0 aromatic carbocycles. The van der Waals surface area contributed by atoms with Gasteiger partial charge in [0.25, 0.3) is 0 Å². The zero-order chi connectivity index (χ0) is 22.2. The molecule has 0 aromatic rings. The molecule has 0 N–H and O–H groups in total. The van der Waals surface area contributed by atoms with E-state index in [9.17, 15) is 0 Å². The Kier molecular flexibility index (Phi) is 16.6. The van der Waals surface area contributed by atoms with E-state index in [4.69, 9.17) is 0 Å². The summed E-state index contributed by atoms with van der Waals surface area (Å²) in [5.74, 6) is 0. The Morgan fingerprint density at radius 1 is 0.448 bits per heavy atom. The predicted octanol–water partition coefficient (Wildman–Crippen LogP) is 10.4. The molecule has 0 heterocycles. The van der Waals surface area contributed by atoms with E-state index in [0.29, 0.717) is 14.9 Å². The van der Waals surface area contributed by atoms with Crippen LogP contribution in [0.2, 0.25) is 4.09 Å². The van der Waals surface area contributed by atoms with Gasteiger partial charge < -0.3 is 0 Å². The van der Waals surface area contributed by atoms with Crippen molar-refractivity contribution in [3.8, 4) is 0 Å². The maximum absolute atomic E-state index is 2.75. The van der Waals surface area contributed by atoms with E-state index < -0.39 is 0 Å². The Hall–Kier alpha value is 0.597. The summed E-state index contributed by atoms with van der Waals surface area (Å²) in [6.45, 7) is 17.2. The molecular formula is C28H57Li. The van der Waals surface area contributed by atoms with E-state index in [1.807, 2.05) is 0 Å². The van der Waals surface area contributed by atoms with Crippen molar-refractivity contribution in [2.75, 3.05) is 0 Å². The summed E-state index contributed by atoms with van der Waals surface area (Å²) in [5, 5.41) is 0. The van der Waals surface area contributed by atoms with Crippen molar-refractivity contribution < 1.29 is 0 Å². The van der Waals surface area contributed by atoms with Gasteiger partial charge in [-0.1, -0.05) is 0 Å². The molecule has 0 saturated heterocycles. The molecule has 0 radical (unpaired) electrons. The number of unbranched alkanes of at least 4 members (excludes halogenated alkanes) is 6. The van der Waals surface area contributed by atoms with Crippen molar-refractivity contribution in [3.63, 3.8) is 0 Å². The first-order valence-corrected chi connectivity index (χ1v) is 13.9. The van der Waals surface area contributed by atoms with Crippen LogP contribution < -0.4 is 0 Å². The molecule has 0 rings (SSSR count). The normalized spacial score (nSPS) is 13.3. The third kappa shape index (κ3) is 8.57. The zero-order valence-electron chi connectivity index (χ0n) is 22.2. The number of hydrogen-bond acceptors (Lipinski definition) is 0. The van der Waals surface area contributed by atoms with Gasteiger partial charge in [0.05, 0.1) is 0 Å². The predicted molar refractivity (Wildman–Crippen MR) is 136 cm³/mol. The topological polar surface area (TPSA) is 0 Å². The van der Waals surface area contributed by atoms with Crippen LogP contribution in [0.3, 0.4) is 0 Å². The molecule has 170 valence electrons. The van der Waals surface area contributed by atoms with Crippen molar-refractivity contribution in [3.05, 3.63) is 0 Å². The van der Waals surface area contributed by atoms with Crippen LogP contribution in [-0.4, -0.2) is 17.7 Å². The molecule has 0 atom stereocenters. The molecule has 0 bridgehead atoms. The van der Waals surface area contributed by atoms with Crippen LogP contribution in [-0.2, 0) is 0 Å². The SMILES string of the molecule is [Li][C](CCCC)(CCCC)C(CCCC)(CCCC)C(C)(CCCC)CCCC. The molecule has 29 heavy (non-hydrogen) atoms. The maximum atomic E-state index is 2.75. The van der Waals surface area contributed by atoms with Crippen LogP contribution in [0, 0.1) is 10.8 Å². The quantitative estimate of drug-likeness (QED) is 0.178. The Morgan fingerprint density at radius 3 is 1.03 bits per heavy atom. The molecule has 0 aromatic heterocycles. The van der Waals surface area contributed by atoms with Gasteiger partial charge in [-0.25, -0.2) is 0 Å². The summed E-state index contributed by atoms with van der Waals surface area (Å²) in [6.07, 6.45) is 25.3. The summed E-state index contributed by atoms with van der Waals surface area (Å²) in [7, 11) is 0. The van der Waals surface area contributed by atoms with Crippen LogP contribution >= 0.6 is 0 Å².